The molecular formula is C13H23N3O2. The zero-order valence-corrected chi connectivity index (χ0v) is 11.1. The van der Waals surface area contributed by atoms with Gasteiger partial charge in [-0.3, -0.25) is 9.59 Å². The summed E-state index contributed by atoms with van der Waals surface area (Å²) in [4.78, 5) is 24.9. The minimum Gasteiger partial charge on any atom is -0.354 e. The van der Waals surface area contributed by atoms with E-state index in [1.165, 1.54) is 0 Å². The SMILES string of the molecule is CC1(CNC(=O)CN2CCCC2=O)CCCNC1. The zero-order valence-electron chi connectivity index (χ0n) is 11.1. The first-order chi connectivity index (χ1) is 8.59. The van der Waals surface area contributed by atoms with Gasteiger partial charge in [-0.1, -0.05) is 6.92 Å². The first-order valence-electron chi connectivity index (χ1n) is 6.84. The van der Waals surface area contributed by atoms with Crippen LogP contribution in [0.25, 0.3) is 0 Å². The van der Waals surface area contributed by atoms with Gasteiger partial charge in [0.05, 0.1) is 6.54 Å². The molecule has 0 radical (unpaired) electrons. The highest BCUT2D eigenvalue weighted by Crippen LogP contribution is 2.24. The number of nitrogens with one attached hydrogen (secondary N) is 2. The van der Waals surface area contributed by atoms with Crippen molar-refractivity contribution in [2.45, 2.75) is 32.6 Å². The predicted molar refractivity (Wildman–Crippen MR) is 69.0 cm³/mol. The van der Waals surface area contributed by atoms with Crippen molar-refractivity contribution in [1.82, 2.24) is 15.5 Å². The molecule has 0 aromatic heterocycles. The highest BCUT2D eigenvalue weighted by molar-refractivity contribution is 5.85. The molecule has 2 fully saturated rings. The molecule has 0 aromatic carbocycles. The molecule has 0 aliphatic carbocycles. The van der Waals surface area contributed by atoms with E-state index in [-0.39, 0.29) is 23.8 Å². The molecule has 2 N–H and O–H groups in total. The molecule has 18 heavy (non-hydrogen) atoms. The van der Waals surface area contributed by atoms with E-state index in [0.29, 0.717) is 13.0 Å². The zero-order chi connectivity index (χ0) is 13.0. The van der Waals surface area contributed by atoms with Crippen LogP contribution in [0.5, 0.6) is 0 Å². The maximum absolute atomic E-state index is 11.8. The van der Waals surface area contributed by atoms with E-state index in [1.54, 1.807) is 4.90 Å². The van der Waals surface area contributed by atoms with Crippen molar-refractivity contribution >= 4 is 11.8 Å². The van der Waals surface area contributed by atoms with Crippen molar-refractivity contribution in [1.29, 1.82) is 0 Å². The highest BCUT2D eigenvalue weighted by Gasteiger charge is 2.28. The van der Waals surface area contributed by atoms with Crippen LogP contribution in [-0.2, 0) is 9.59 Å². The Morgan fingerprint density at radius 3 is 2.94 bits per heavy atom. The van der Waals surface area contributed by atoms with Crippen molar-refractivity contribution in [2.24, 2.45) is 5.41 Å². The predicted octanol–water partition coefficient (Wildman–Crippen LogP) is 0.115. The molecule has 0 aromatic rings. The average molecular weight is 253 g/mol. The third kappa shape index (κ3) is 3.45. The molecule has 1 atom stereocenters. The van der Waals surface area contributed by atoms with E-state index in [9.17, 15) is 9.59 Å². The fourth-order valence-corrected chi connectivity index (χ4v) is 2.68. The Hall–Kier alpha value is -1.10. The minimum atomic E-state index is -0.0305. The highest BCUT2D eigenvalue weighted by atomic mass is 16.2. The van der Waals surface area contributed by atoms with Gasteiger partial charge < -0.3 is 15.5 Å². The Morgan fingerprint density at radius 1 is 1.50 bits per heavy atom. The normalized spacial score (nSPS) is 28.5. The van der Waals surface area contributed by atoms with Crippen molar-refractivity contribution in [3.05, 3.63) is 0 Å². The van der Waals surface area contributed by atoms with E-state index in [2.05, 4.69) is 17.6 Å². The Morgan fingerprint density at radius 2 is 2.33 bits per heavy atom. The Balaban J connectivity index is 1.72. The second-order valence-electron chi connectivity index (χ2n) is 5.79. The lowest BCUT2D eigenvalue weighted by Crippen LogP contribution is -2.47. The van der Waals surface area contributed by atoms with E-state index in [4.69, 9.17) is 0 Å². The van der Waals surface area contributed by atoms with Crippen LogP contribution in [0.2, 0.25) is 0 Å². The maximum Gasteiger partial charge on any atom is 0.239 e. The van der Waals surface area contributed by atoms with Crippen LogP contribution in [0, 0.1) is 5.41 Å². The molecule has 0 saturated carbocycles. The number of hydrogen-bond donors (Lipinski definition) is 2. The van der Waals surface area contributed by atoms with Gasteiger partial charge in [-0.2, -0.15) is 0 Å². The monoisotopic (exact) mass is 253 g/mol. The van der Waals surface area contributed by atoms with Gasteiger partial charge in [-0.25, -0.2) is 0 Å². The number of nitrogens with zero attached hydrogens (tertiary/aromatic N) is 1. The topological polar surface area (TPSA) is 61.4 Å². The van der Waals surface area contributed by atoms with E-state index < -0.39 is 0 Å². The summed E-state index contributed by atoms with van der Waals surface area (Å²) in [5.41, 5.74) is 0.156. The molecule has 0 bridgehead atoms. The van der Waals surface area contributed by atoms with E-state index in [0.717, 1.165) is 38.9 Å². The largest absolute Gasteiger partial charge is 0.354 e. The summed E-state index contributed by atoms with van der Waals surface area (Å²) in [7, 11) is 0. The van der Waals surface area contributed by atoms with Crippen LogP contribution in [0.4, 0.5) is 0 Å². The first kappa shape index (κ1) is 13.3. The summed E-state index contributed by atoms with van der Waals surface area (Å²) in [6.45, 7) is 5.87. The van der Waals surface area contributed by atoms with Crippen LogP contribution < -0.4 is 10.6 Å². The second kappa shape index (κ2) is 5.69. The number of likely N-dealkylation sites (tertiary alicyclic amines) is 1. The number of hydrogen-bond acceptors (Lipinski definition) is 3. The molecule has 1 unspecified atom stereocenters. The molecule has 2 aliphatic rings. The fourth-order valence-electron chi connectivity index (χ4n) is 2.68. The number of rotatable bonds is 4. The first-order valence-corrected chi connectivity index (χ1v) is 6.84. The molecule has 5 heteroatoms. The van der Waals surface area contributed by atoms with Crippen LogP contribution >= 0.6 is 0 Å². The van der Waals surface area contributed by atoms with Crippen molar-refractivity contribution in [3.8, 4) is 0 Å². The van der Waals surface area contributed by atoms with Gasteiger partial charge in [-0.05, 0) is 31.2 Å². The van der Waals surface area contributed by atoms with Gasteiger partial charge in [-0.15, -0.1) is 0 Å². The molecule has 2 amide bonds. The number of amides is 2. The average Bonchev–Trinajstić information content (AvgIpc) is 2.74. The quantitative estimate of drug-likeness (QED) is 0.748. The lowest BCUT2D eigenvalue weighted by molar-refractivity contribution is -0.133. The number of carbonyl (C=O) groups excluding carboxylic acids is 2. The third-order valence-electron chi connectivity index (χ3n) is 3.90. The summed E-state index contributed by atoms with van der Waals surface area (Å²) in [6.07, 6.45) is 3.78. The second-order valence-corrected chi connectivity index (χ2v) is 5.79. The standard InChI is InChI=1S/C13H23N3O2/c1-13(5-3-6-14-9-13)10-15-11(17)8-16-7-2-4-12(16)18/h14H,2-10H2,1H3,(H,15,17). The molecule has 5 nitrogen and oxygen atoms in total. The molecule has 2 saturated heterocycles. The van der Waals surface area contributed by atoms with Gasteiger partial charge in [0.1, 0.15) is 0 Å². The summed E-state index contributed by atoms with van der Waals surface area (Å²) < 4.78 is 0. The maximum atomic E-state index is 11.8. The smallest absolute Gasteiger partial charge is 0.239 e. The molecule has 0 spiro atoms. The lowest BCUT2D eigenvalue weighted by atomic mass is 9.83. The summed E-state index contributed by atoms with van der Waals surface area (Å²) in [5.74, 6) is 0.0766. The summed E-state index contributed by atoms with van der Waals surface area (Å²) in [6, 6.07) is 0. The molecular weight excluding hydrogens is 230 g/mol. The van der Waals surface area contributed by atoms with Crippen LogP contribution in [0.15, 0.2) is 0 Å². The Bertz CT molecular complexity index is 324. The minimum absolute atomic E-state index is 0.0305. The van der Waals surface area contributed by atoms with E-state index >= 15 is 0 Å². The number of piperidine rings is 1. The summed E-state index contributed by atoms with van der Waals surface area (Å²) >= 11 is 0. The van der Waals surface area contributed by atoms with Crippen molar-refractivity contribution < 1.29 is 9.59 Å². The van der Waals surface area contributed by atoms with Gasteiger partial charge >= 0.3 is 0 Å². The van der Waals surface area contributed by atoms with Crippen LogP contribution in [0.1, 0.15) is 32.6 Å². The van der Waals surface area contributed by atoms with Crippen LogP contribution in [-0.4, -0.2) is 49.4 Å². The summed E-state index contributed by atoms with van der Waals surface area (Å²) in [5, 5.41) is 6.33. The Kier molecular flexibility index (Phi) is 4.22. The van der Waals surface area contributed by atoms with Crippen molar-refractivity contribution in [3.63, 3.8) is 0 Å². The van der Waals surface area contributed by atoms with Gasteiger partial charge in [0, 0.05) is 26.1 Å². The number of carbonyl (C=O) groups is 2. The van der Waals surface area contributed by atoms with Gasteiger partial charge in [0.15, 0.2) is 0 Å². The van der Waals surface area contributed by atoms with Crippen molar-refractivity contribution in [2.75, 3.05) is 32.7 Å². The van der Waals surface area contributed by atoms with E-state index in [1.807, 2.05) is 0 Å². The molecule has 102 valence electrons. The third-order valence-corrected chi connectivity index (χ3v) is 3.90. The fraction of sp³-hybridized carbons (Fsp3) is 0.846. The molecule has 2 rings (SSSR count). The van der Waals surface area contributed by atoms with Crippen LogP contribution in [0.3, 0.4) is 0 Å². The van der Waals surface area contributed by atoms with Gasteiger partial charge in [0.2, 0.25) is 11.8 Å². The molecule has 2 aliphatic heterocycles. The van der Waals surface area contributed by atoms with Gasteiger partial charge in [0.25, 0.3) is 0 Å². The Labute approximate surface area is 108 Å². The molecule has 2 heterocycles. The lowest BCUT2D eigenvalue weighted by Gasteiger charge is -2.34.